The minimum absolute atomic E-state index is 0.0938. The summed E-state index contributed by atoms with van der Waals surface area (Å²) in [7, 11) is 3.12. The quantitative estimate of drug-likeness (QED) is 0.626. The Morgan fingerprint density at radius 3 is 2.44 bits per heavy atom. The molecule has 1 saturated heterocycles. The second-order valence-corrected chi connectivity index (χ2v) is 8.82. The molecule has 1 N–H and O–H groups in total. The van der Waals surface area contributed by atoms with E-state index in [0.717, 1.165) is 59.9 Å². The highest BCUT2D eigenvalue weighted by molar-refractivity contribution is 5.73. The molecule has 1 amide bonds. The molecule has 2 aliphatic rings. The first-order valence-electron chi connectivity index (χ1n) is 12.3. The van der Waals surface area contributed by atoms with Crippen LogP contribution in [0.15, 0.2) is 12.1 Å². The maximum absolute atomic E-state index is 12.1. The molecule has 8 heteroatoms. The van der Waals surface area contributed by atoms with Gasteiger partial charge in [-0.05, 0) is 62.3 Å². The largest absolute Gasteiger partial charge is 0.496 e. The van der Waals surface area contributed by atoms with Crippen LogP contribution >= 0.6 is 0 Å². The molecule has 1 aliphatic carbocycles. The van der Waals surface area contributed by atoms with Crippen molar-refractivity contribution in [1.29, 1.82) is 0 Å². The fraction of sp³-hybridized carbons (Fsp3) is 0.577. The van der Waals surface area contributed by atoms with Crippen molar-refractivity contribution in [3.63, 3.8) is 0 Å². The summed E-state index contributed by atoms with van der Waals surface area (Å²) >= 11 is 0. The first kappa shape index (κ1) is 24.3. The van der Waals surface area contributed by atoms with Crippen molar-refractivity contribution in [2.24, 2.45) is 0 Å². The SMILES string of the molecule is CCO[C@H]1CN(C(=O)OC)C[C@H]1Nc1nc(CC)c(-c2cc3c(cc2OC)CCC3)nc1CC. The highest BCUT2D eigenvalue weighted by Gasteiger charge is 2.37. The monoisotopic (exact) mass is 468 g/mol. The maximum atomic E-state index is 12.1. The normalized spacial score (nSPS) is 19.3. The van der Waals surface area contributed by atoms with Crippen LogP contribution in [-0.4, -0.2) is 67.0 Å². The zero-order chi connectivity index (χ0) is 24.2. The van der Waals surface area contributed by atoms with E-state index in [9.17, 15) is 4.79 Å². The molecule has 1 aromatic heterocycles. The summed E-state index contributed by atoms with van der Waals surface area (Å²) in [4.78, 5) is 23.9. The van der Waals surface area contributed by atoms with Crippen molar-refractivity contribution >= 4 is 11.9 Å². The Balaban J connectivity index is 1.69. The predicted octanol–water partition coefficient (Wildman–Crippen LogP) is 4.03. The van der Waals surface area contributed by atoms with Gasteiger partial charge in [0.05, 0.1) is 50.0 Å². The summed E-state index contributed by atoms with van der Waals surface area (Å²) in [6, 6.07) is 4.32. The summed E-state index contributed by atoms with van der Waals surface area (Å²) in [5, 5.41) is 3.55. The molecular weight excluding hydrogens is 432 g/mol. The standard InChI is InChI=1S/C26H36N4O4/c1-6-19-24(18-12-16-10-9-11-17(16)13-22(18)32-4)27-20(7-2)25(28-19)29-21-14-30(26(31)33-5)15-23(21)34-8-3/h12-13,21,23H,6-11,14-15H2,1-5H3,(H,28,29)/t21-,23+/m1/s1. The summed E-state index contributed by atoms with van der Waals surface area (Å²) < 4.78 is 16.6. The third-order valence-electron chi connectivity index (χ3n) is 6.78. The molecule has 0 radical (unpaired) electrons. The van der Waals surface area contributed by atoms with Gasteiger partial charge in [-0.3, -0.25) is 0 Å². The number of amides is 1. The molecule has 0 saturated carbocycles. The van der Waals surface area contributed by atoms with Gasteiger partial charge < -0.3 is 24.4 Å². The number of methoxy groups -OCH3 is 2. The zero-order valence-electron chi connectivity index (χ0n) is 20.9. The van der Waals surface area contributed by atoms with Gasteiger partial charge in [0.1, 0.15) is 11.6 Å². The Bertz CT molecular complexity index is 1040. The van der Waals surface area contributed by atoms with Crippen molar-refractivity contribution in [3.8, 4) is 17.0 Å². The Morgan fingerprint density at radius 2 is 1.79 bits per heavy atom. The molecule has 4 rings (SSSR count). The number of carbonyl (C=O) groups excluding carboxylic acids is 1. The van der Waals surface area contributed by atoms with Gasteiger partial charge in [0.2, 0.25) is 0 Å². The smallest absolute Gasteiger partial charge is 0.409 e. The van der Waals surface area contributed by atoms with E-state index in [1.165, 1.54) is 24.7 Å². The minimum atomic E-state index is -0.343. The Labute approximate surface area is 202 Å². The number of nitrogens with zero attached hydrogens (tertiary/aromatic N) is 3. The molecule has 0 spiro atoms. The van der Waals surface area contributed by atoms with Crippen LogP contribution in [0.25, 0.3) is 11.3 Å². The van der Waals surface area contributed by atoms with Crippen LogP contribution < -0.4 is 10.1 Å². The second kappa shape index (κ2) is 10.6. The molecule has 184 valence electrons. The zero-order valence-corrected chi connectivity index (χ0v) is 20.9. The van der Waals surface area contributed by atoms with Crippen LogP contribution in [-0.2, 0) is 35.2 Å². The molecule has 0 bridgehead atoms. The van der Waals surface area contributed by atoms with E-state index < -0.39 is 0 Å². The van der Waals surface area contributed by atoms with Crippen LogP contribution in [0.1, 0.15) is 49.7 Å². The lowest BCUT2D eigenvalue weighted by atomic mass is 10.0. The van der Waals surface area contributed by atoms with Crippen molar-refractivity contribution in [1.82, 2.24) is 14.9 Å². The number of hydrogen-bond acceptors (Lipinski definition) is 7. The average molecular weight is 469 g/mol. The van der Waals surface area contributed by atoms with E-state index in [-0.39, 0.29) is 18.2 Å². The lowest BCUT2D eigenvalue weighted by Gasteiger charge is -2.22. The number of fused-ring (bicyclic) bond motifs is 1. The van der Waals surface area contributed by atoms with Gasteiger partial charge in [0, 0.05) is 18.7 Å². The van der Waals surface area contributed by atoms with E-state index in [4.69, 9.17) is 24.2 Å². The van der Waals surface area contributed by atoms with Crippen LogP contribution in [0.5, 0.6) is 5.75 Å². The van der Waals surface area contributed by atoms with E-state index >= 15 is 0 Å². The lowest BCUT2D eigenvalue weighted by Crippen LogP contribution is -2.35. The Kier molecular flexibility index (Phi) is 7.56. The fourth-order valence-corrected chi connectivity index (χ4v) is 5.03. The second-order valence-electron chi connectivity index (χ2n) is 8.82. The topological polar surface area (TPSA) is 85.8 Å². The molecule has 2 aromatic rings. The minimum Gasteiger partial charge on any atom is -0.496 e. The van der Waals surface area contributed by atoms with Gasteiger partial charge in [-0.15, -0.1) is 0 Å². The van der Waals surface area contributed by atoms with Crippen LogP contribution in [0, 0.1) is 0 Å². The molecule has 1 aromatic carbocycles. The highest BCUT2D eigenvalue weighted by atomic mass is 16.5. The molecule has 2 atom stereocenters. The van der Waals surface area contributed by atoms with E-state index in [0.29, 0.717) is 19.7 Å². The van der Waals surface area contributed by atoms with Gasteiger partial charge >= 0.3 is 6.09 Å². The molecule has 2 heterocycles. The van der Waals surface area contributed by atoms with Gasteiger partial charge in [-0.2, -0.15) is 0 Å². The third kappa shape index (κ3) is 4.69. The van der Waals surface area contributed by atoms with Crippen molar-refractivity contribution < 1.29 is 19.0 Å². The van der Waals surface area contributed by atoms with Gasteiger partial charge in [0.15, 0.2) is 0 Å². The van der Waals surface area contributed by atoms with E-state index in [1.807, 2.05) is 6.92 Å². The van der Waals surface area contributed by atoms with Crippen molar-refractivity contribution in [2.75, 3.05) is 39.2 Å². The first-order valence-corrected chi connectivity index (χ1v) is 12.3. The summed E-state index contributed by atoms with van der Waals surface area (Å²) in [6.45, 7) is 7.69. The molecule has 1 aliphatic heterocycles. The van der Waals surface area contributed by atoms with Crippen molar-refractivity contribution in [3.05, 3.63) is 34.6 Å². The van der Waals surface area contributed by atoms with Gasteiger partial charge in [-0.25, -0.2) is 14.8 Å². The molecule has 0 unspecified atom stereocenters. The Hall–Kier alpha value is -2.87. The molecule has 34 heavy (non-hydrogen) atoms. The summed E-state index contributed by atoms with van der Waals surface area (Å²) in [5.41, 5.74) is 6.47. The van der Waals surface area contributed by atoms with Crippen LogP contribution in [0.2, 0.25) is 0 Å². The molecule has 1 fully saturated rings. The number of aromatic nitrogens is 2. The summed E-state index contributed by atoms with van der Waals surface area (Å²) in [5.74, 6) is 1.61. The lowest BCUT2D eigenvalue weighted by molar-refractivity contribution is 0.0613. The Morgan fingerprint density at radius 1 is 1.06 bits per heavy atom. The number of ether oxygens (including phenoxy) is 3. The number of likely N-dealkylation sites (tertiary alicyclic amines) is 1. The number of benzene rings is 1. The molecule has 8 nitrogen and oxygen atoms in total. The van der Waals surface area contributed by atoms with Gasteiger partial charge in [0.25, 0.3) is 0 Å². The van der Waals surface area contributed by atoms with Crippen LogP contribution in [0.4, 0.5) is 10.6 Å². The number of rotatable bonds is 8. The number of nitrogens with one attached hydrogen (secondary N) is 1. The maximum Gasteiger partial charge on any atom is 0.409 e. The third-order valence-corrected chi connectivity index (χ3v) is 6.78. The number of anilines is 1. The first-order chi connectivity index (χ1) is 16.5. The fourth-order valence-electron chi connectivity index (χ4n) is 5.03. The van der Waals surface area contributed by atoms with Crippen molar-refractivity contribution in [2.45, 2.75) is 65.0 Å². The van der Waals surface area contributed by atoms with E-state index in [1.54, 1.807) is 12.0 Å². The number of aryl methyl sites for hydroxylation is 4. The van der Waals surface area contributed by atoms with Crippen LogP contribution in [0.3, 0.4) is 0 Å². The van der Waals surface area contributed by atoms with Gasteiger partial charge in [-0.1, -0.05) is 13.8 Å². The number of carbonyl (C=O) groups is 1. The highest BCUT2D eigenvalue weighted by Crippen LogP contribution is 2.37. The van der Waals surface area contributed by atoms with E-state index in [2.05, 4.69) is 31.3 Å². The number of hydrogen-bond donors (Lipinski definition) is 1. The average Bonchev–Trinajstić information content (AvgIpc) is 3.49. The molecular formula is C26H36N4O4. The predicted molar refractivity (Wildman–Crippen MR) is 132 cm³/mol. The summed E-state index contributed by atoms with van der Waals surface area (Å²) in [6.07, 6.45) is 4.37.